The molecule has 1 fully saturated rings. The SMILES string of the molecule is NCc1cc(S(=O)(=O)NC2CCCSC2)c(Br)s1. The van der Waals surface area contributed by atoms with Gasteiger partial charge in [0, 0.05) is 23.2 Å². The predicted octanol–water partition coefficient (Wildman–Crippen LogP) is 2.14. The molecule has 0 saturated carbocycles. The monoisotopic (exact) mass is 370 g/mol. The Morgan fingerprint density at radius 2 is 2.33 bits per heavy atom. The van der Waals surface area contributed by atoms with Crippen LogP contribution >= 0.6 is 39.0 Å². The van der Waals surface area contributed by atoms with Gasteiger partial charge in [-0.3, -0.25) is 0 Å². The summed E-state index contributed by atoms with van der Waals surface area (Å²) in [6, 6.07) is 1.69. The molecule has 1 aliphatic heterocycles. The number of thiophene rings is 1. The van der Waals surface area contributed by atoms with Crippen LogP contribution in [0.25, 0.3) is 0 Å². The van der Waals surface area contributed by atoms with Gasteiger partial charge in [0.05, 0.1) is 3.79 Å². The quantitative estimate of drug-likeness (QED) is 0.851. The first kappa shape index (κ1) is 14.8. The maximum absolute atomic E-state index is 12.3. The third kappa shape index (κ3) is 3.49. The van der Waals surface area contributed by atoms with Crippen LogP contribution < -0.4 is 10.5 Å². The first-order chi connectivity index (χ1) is 8.53. The third-order valence-electron chi connectivity index (χ3n) is 2.68. The summed E-state index contributed by atoms with van der Waals surface area (Å²) in [6.07, 6.45) is 1.98. The molecule has 18 heavy (non-hydrogen) atoms. The molecule has 1 aromatic rings. The van der Waals surface area contributed by atoms with Crippen LogP contribution in [-0.4, -0.2) is 26.0 Å². The van der Waals surface area contributed by atoms with Gasteiger partial charge in [-0.05, 0) is 40.6 Å². The van der Waals surface area contributed by atoms with E-state index in [0.717, 1.165) is 29.2 Å². The average Bonchev–Trinajstić information content (AvgIpc) is 2.72. The number of hydrogen-bond acceptors (Lipinski definition) is 5. The van der Waals surface area contributed by atoms with Crippen LogP contribution in [0.5, 0.6) is 0 Å². The van der Waals surface area contributed by atoms with Gasteiger partial charge >= 0.3 is 0 Å². The van der Waals surface area contributed by atoms with Crippen molar-refractivity contribution >= 4 is 49.1 Å². The van der Waals surface area contributed by atoms with Gasteiger partial charge < -0.3 is 5.73 Å². The summed E-state index contributed by atoms with van der Waals surface area (Å²) >= 11 is 6.46. The highest BCUT2D eigenvalue weighted by atomic mass is 79.9. The molecule has 0 amide bonds. The van der Waals surface area contributed by atoms with Crippen molar-refractivity contribution in [2.24, 2.45) is 5.73 Å². The second-order valence-electron chi connectivity index (χ2n) is 4.09. The number of sulfonamides is 1. The van der Waals surface area contributed by atoms with E-state index in [2.05, 4.69) is 20.7 Å². The van der Waals surface area contributed by atoms with Gasteiger partial charge in [-0.15, -0.1) is 11.3 Å². The zero-order valence-corrected chi connectivity index (χ0v) is 13.7. The van der Waals surface area contributed by atoms with Crippen LogP contribution in [0.15, 0.2) is 14.7 Å². The van der Waals surface area contributed by atoms with E-state index < -0.39 is 10.0 Å². The van der Waals surface area contributed by atoms with E-state index in [1.807, 2.05) is 0 Å². The normalized spacial score (nSPS) is 21.1. The van der Waals surface area contributed by atoms with Crippen molar-refractivity contribution in [2.75, 3.05) is 11.5 Å². The molecule has 4 nitrogen and oxygen atoms in total. The van der Waals surface area contributed by atoms with Gasteiger partial charge in [0.15, 0.2) is 0 Å². The standard InChI is InChI=1S/C10H15BrN2O2S3/c11-10-9(4-8(5-12)17-10)18(14,15)13-7-2-1-3-16-6-7/h4,7,13H,1-3,5-6,12H2. The van der Waals surface area contributed by atoms with Crippen molar-refractivity contribution in [1.82, 2.24) is 4.72 Å². The maximum Gasteiger partial charge on any atom is 0.242 e. The Morgan fingerprint density at radius 1 is 1.56 bits per heavy atom. The molecule has 1 aliphatic rings. The Morgan fingerprint density at radius 3 is 2.89 bits per heavy atom. The largest absolute Gasteiger partial charge is 0.326 e. The van der Waals surface area contributed by atoms with Gasteiger partial charge in [-0.1, -0.05) is 0 Å². The van der Waals surface area contributed by atoms with Gasteiger partial charge in [-0.2, -0.15) is 11.8 Å². The summed E-state index contributed by atoms with van der Waals surface area (Å²) in [5.74, 6) is 1.97. The van der Waals surface area contributed by atoms with Crippen molar-refractivity contribution in [3.63, 3.8) is 0 Å². The highest BCUT2D eigenvalue weighted by Gasteiger charge is 2.25. The molecule has 3 N–H and O–H groups in total. The van der Waals surface area contributed by atoms with Crippen LogP contribution in [0.1, 0.15) is 17.7 Å². The Balaban J connectivity index is 2.16. The van der Waals surface area contributed by atoms with Crippen molar-refractivity contribution in [3.8, 4) is 0 Å². The first-order valence-electron chi connectivity index (χ1n) is 5.61. The lowest BCUT2D eigenvalue weighted by Crippen LogP contribution is -2.38. The number of nitrogens with two attached hydrogens (primary N) is 1. The minimum Gasteiger partial charge on any atom is -0.326 e. The molecule has 2 heterocycles. The molecule has 2 rings (SSSR count). The molecule has 1 saturated heterocycles. The molecule has 0 radical (unpaired) electrons. The van der Waals surface area contributed by atoms with Crippen LogP contribution in [0, 0.1) is 0 Å². The van der Waals surface area contributed by atoms with Crippen molar-refractivity contribution in [3.05, 3.63) is 14.7 Å². The predicted molar refractivity (Wildman–Crippen MR) is 80.6 cm³/mol. The molecule has 0 bridgehead atoms. The highest BCUT2D eigenvalue weighted by Crippen LogP contribution is 2.32. The summed E-state index contributed by atoms with van der Waals surface area (Å²) in [5.41, 5.74) is 5.53. The van der Waals surface area contributed by atoms with Crippen LogP contribution in [0.4, 0.5) is 0 Å². The molecule has 1 atom stereocenters. The molecule has 0 aliphatic carbocycles. The van der Waals surface area contributed by atoms with Crippen molar-refractivity contribution < 1.29 is 8.42 Å². The van der Waals surface area contributed by atoms with Crippen LogP contribution in [0.2, 0.25) is 0 Å². The lowest BCUT2D eigenvalue weighted by molar-refractivity contribution is 0.543. The van der Waals surface area contributed by atoms with Crippen LogP contribution in [-0.2, 0) is 16.6 Å². The summed E-state index contributed by atoms with van der Waals surface area (Å²) in [6.45, 7) is 0.359. The van der Waals surface area contributed by atoms with Gasteiger partial charge in [0.2, 0.25) is 10.0 Å². The first-order valence-corrected chi connectivity index (χ1v) is 9.86. The Bertz CT molecular complexity index is 509. The van der Waals surface area contributed by atoms with E-state index in [0.29, 0.717) is 15.2 Å². The highest BCUT2D eigenvalue weighted by molar-refractivity contribution is 9.11. The number of nitrogens with one attached hydrogen (secondary N) is 1. The van der Waals surface area contributed by atoms with E-state index >= 15 is 0 Å². The third-order valence-corrected chi connectivity index (χ3v) is 7.69. The topological polar surface area (TPSA) is 72.2 Å². The number of hydrogen-bond donors (Lipinski definition) is 2. The molecule has 0 aromatic carbocycles. The second kappa shape index (κ2) is 6.23. The Hall–Kier alpha value is 0.400. The summed E-state index contributed by atoms with van der Waals surface area (Å²) in [4.78, 5) is 1.17. The zero-order chi connectivity index (χ0) is 13.2. The number of halogens is 1. The van der Waals surface area contributed by atoms with E-state index in [1.54, 1.807) is 17.8 Å². The molecule has 0 spiro atoms. The van der Waals surface area contributed by atoms with E-state index in [9.17, 15) is 8.42 Å². The van der Waals surface area contributed by atoms with Crippen molar-refractivity contribution in [2.45, 2.75) is 30.3 Å². The minimum atomic E-state index is -3.44. The van der Waals surface area contributed by atoms with E-state index in [1.165, 1.54) is 11.3 Å². The average molecular weight is 371 g/mol. The van der Waals surface area contributed by atoms with Gasteiger partial charge in [0.25, 0.3) is 0 Å². The zero-order valence-electron chi connectivity index (χ0n) is 9.69. The lowest BCUT2D eigenvalue weighted by Gasteiger charge is -2.22. The molecular weight excluding hydrogens is 356 g/mol. The lowest BCUT2D eigenvalue weighted by atomic mass is 10.2. The minimum absolute atomic E-state index is 0.0434. The van der Waals surface area contributed by atoms with Gasteiger partial charge in [0.1, 0.15) is 4.90 Å². The van der Waals surface area contributed by atoms with Crippen molar-refractivity contribution in [1.29, 1.82) is 0 Å². The molecular formula is C10H15BrN2O2S3. The Kier molecular flexibility index (Phi) is 5.13. The fourth-order valence-electron chi connectivity index (χ4n) is 1.80. The molecule has 102 valence electrons. The molecule has 1 aromatic heterocycles. The maximum atomic E-state index is 12.3. The van der Waals surface area contributed by atoms with Crippen LogP contribution in [0.3, 0.4) is 0 Å². The summed E-state index contributed by atoms with van der Waals surface area (Å²) in [7, 11) is -3.44. The number of thioether (sulfide) groups is 1. The summed E-state index contributed by atoms with van der Waals surface area (Å²) in [5, 5.41) is 0. The smallest absolute Gasteiger partial charge is 0.242 e. The van der Waals surface area contributed by atoms with E-state index in [4.69, 9.17) is 5.73 Å². The van der Waals surface area contributed by atoms with Gasteiger partial charge in [-0.25, -0.2) is 13.1 Å². The summed E-state index contributed by atoms with van der Waals surface area (Å²) < 4.78 is 27.9. The fraction of sp³-hybridized carbons (Fsp3) is 0.600. The second-order valence-corrected chi connectivity index (χ2v) is 9.38. The van der Waals surface area contributed by atoms with E-state index in [-0.39, 0.29) is 6.04 Å². The number of rotatable bonds is 4. The molecule has 1 unspecified atom stereocenters. The Labute approximate surface area is 124 Å². The fourth-order valence-corrected chi connectivity index (χ4v) is 6.81. The molecule has 8 heteroatoms.